The number of ether oxygens (including phenoxy) is 1. The maximum absolute atomic E-state index is 12.4. The van der Waals surface area contributed by atoms with E-state index in [9.17, 15) is 13.2 Å². The molecule has 1 heterocycles. The Bertz CT molecular complexity index is 641. The number of pyridine rings is 1. The van der Waals surface area contributed by atoms with Gasteiger partial charge in [-0.1, -0.05) is 24.3 Å². The first-order chi connectivity index (χ1) is 9.78. The summed E-state index contributed by atoms with van der Waals surface area (Å²) in [6.45, 7) is 3.71. The number of aromatic nitrogens is 1. The summed E-state index contributed by atoms with van der Waals surface area (Å²) in [5.41, 5.74) is 8.63. The fraction of sp³-hybridized carbons (Fsp3) is 0.267. The van der Waals surface area contributed by atoms with Crippen LogP contribution in [0.3, 0.4) is 0 Å². The van der Waals surface area contributed by atoms with Crippen molar-refractivity contribution in [3.8, 4) is 5.75 Å². The number of halogens is 3. The van der Waals surface area contributed by atoms with E-state index in [1.165, 1.54) is 18.2 Å². The highest BCUT2D eigenvalue weighted by Gasteiger charge is 2.33. The summed E-state index contributed by atoms with van der Waals surface area (Å²) in [5, 5.41) is 0. The summed E-state index contributed by atoms with van der Waals surface area (Å²) in [4.78, 5) is 4.23. The van der Waals surface area contributed by atoms with E-state index in [4.69, 9.17) is 5.73 Å². The highest BCUT2D eigenvalue weighted by Crippen LogP contribution is 2.32. The van der Waals surface area contributed by atoms with Crippen LogP contribution in [0.15, 0.2) is 36.5 Å². The molecule has 3 nitrogen and oxygen atoms in total. The summed E-state index contributed by atoms with van der Waals surface area (Å²) >= 11 is 0. The van der Waals surface area contributed by atoms with Crippen LogP contribution in [0.4, 0.5) is 13.2 Å². The first kappa shape index (κ1) is 15.3. The van der Waals surface area contributed by atoms with E-state index in [1.54, 1.807) is 12.3 Å². The molecule has 0 spiro atoms. The van der Waals surface area contributed by atoms with Gasteiger partial charge in [0.1, 0.15) is 5.75 Å². The number of alkyl halides is 3. The van der Waals surface area contributed by atoms with E-state index >= 15 is 0 Å². The molecule has 2 rings (SSSR count). The molecular formula is C15H15F3N2O. The normalized spacial score (nSPS) is 13.0. The molecule has 1 atom stereocenters. The van der Waals surface area contributed by atoms with E-state index in [0.717, 1.165) is 11.1 Å². The Hall–Kier alpha value is -2.08. The van der Waals surface area contributed by atoms with Crippen molar-refractivity contribution in [3.63, 3.8) is 0 Å². The first-order valence-corrected chi connectivity index (χ1v) is 6.31. The van der Waals surface area contributed by atoms with Crippen molar-refractivity contribution in [2.75, 3.05) is 0 Å². The van der Waals surface area contributed by atoms with Crippen LogP contribution in [0, 0.1) is 13.8 Å². The molecule has 0 aliphatic heterocycles. The van der Waals surface area contributed by atoms with Gasteiger partial charge in [-0.25, -0.2) is 0 Å². The molecule has 2 N–H and O–H groups in total. The SMILES string of the molecule is Cc1cnc(C(N)c2ccccc2OC(F)(F)F)c(C)c1. The van der Waals surface area contributed by atoms with Crippen LogP contribution in [-0.2, 0) is 0 Å². The minimum Gasteiger partial charge on any atom is -0.405 e. The standard InChI is InChI=1S/C15H15F3N2O/c1-9-7-10(2)14(20-8-9)13(19)11-5-3-4-6-12(11)21-15(16,17)18/h3-8,13H,19H2,1-2H3. The van der Waals surface area contributed by atoms with Crippen molar-refractivity contribution in [2.24, 2.45) is 5.73 Å². The van der Waals surface area contributed by atoms with Gasteiger partial charge in [-0.2, -0.15) is 0 Å². The van der Waals surface area contributed by atoms with Crippen molar-refractivity contribution in [3.05, 3.63) is 58.9 Å². The fourth-order valence-corrected chi connectivity index (χ4v) is 2.15. The van der Waals surface area contributed by atoms with E-state index in [1.807, 2.05) is 19.9 Å². The van der Waals surface area contributed by atoms with Crippen LogP contribution in [0.1, 0.15) is 28.4 Å². The minimum atomic E-state index is -4.76. The Labute approximate surface area is 120 Å². The van der Waals surface area contributed by atoms with Gasteiger partial charge in [-0.15, -0.1) is 13.2 Å². The molecule has 0 radical (unpaired) electrons. The molecule has 1 unspecified atom stereocenters. The van der Waals surface area contributed by atoms with Gasteiger partial charge >= 0.3 is 6.36 Å². The minimum absolute atomic E-state index is 0.245. The average molecular weight is 296 g/mol. The van der Waals surface area contributed by atoms with Crippen molar-refractivity contribution in [2.45, 2.75) is 26.3 Å². The lowest BCUT2D eigenvalue weighted by atomic mass is 9.99. The van der Waals surface area contributed by atoms with Crippen LogP contribution >= 0.6 is 0 Å². The molecule has 1 aromatic heterocycles. The Morgan fingerprint density at radius 2 is 1.86 bits per heavy atom. The molecule has 0 aliphatic carbocycles. The lowest BCUT2D eigenvalue weighted by Crippen LogP contribution is -2.21. The van der Waals surface area contributed by atoms with Crippen molar-refractivity contribution >= 4 is 0 Å². The van der Waals surface area contributed by atoms with Gasteiger partial charge in [-0.05, 0) is 31.0 Å². The van der Waals surface area contributed by atoms with E-state index in [0.29, 0.717) is 5.69 Å². The molecule has 0 aliphatic rings. The van der Waals surface area contributed by atoms with E-state index in [2.05, 4.69) is 9.72 Å². The van der Waals surface area contributed by atoms with Crippen molar-refractivity contribution < 1.29 is 17.9 Å². The van der Waals surface area contributed by atoms with Crippen LogP contribution < -0.4 is 10.5 Å². The maximum Gasteiger partial charge on any atom is 0.573 e. The van der Waals surface area contributed by atoms with Crippen molar-refractivity contribution in [1.82, 2.24) is 4.98 Å². The first-order valence-electron chi connectivity index (χ1n) is 6.31. The summed E-state index contributed by atoms with van der Waals surface area (Å²) in [6.07, 6.45) is -3.12. The Kier molecular flexibility index (Phi) is 4.18. The molecule has 0 amide bonds. The van der Waals surface area contributed by atoms with Gasteiger partial charge in [0.05, 0.1) is 11.7 Å². The second-order valence-electron chi connectivity index (χ2n) is 4.78. The van der Waals surface area contributed by atoms with Gasteiger partial charge in [-0.3, -0.25) is 4.98 Å². The maximum atomic E-state index is 12.4. The molecule has 6 heteroatoms. The number of hydrogen-bond acceptors (Lipinski definition) is 3. The number of nitrogens with two attached hydrogens (primary N) is 1. The molecule has 112 valence electrons. The molecule has 1 aromatic carbocycles. The largest absolute Gasteiger partial charge is 0.573 e. The lowest BCUT2D eigenvalue weighted by molar-refractivity contribution is -0.274. The van der Waals surface area contributed by atoms with Gasteiger partial charge < -0.3 is 10.5 Å². The van der Waals surface area contributed by atoms with Crippen LogP contribution in [0.2, 0.25) is 0 Å². The molecule has 0 saturated carbocycles. The van der Waals surface area contributed by atoms with Gasteiger partial charge in [0.15, 0.2) is 0 Å². The molecule has 0 bridgehead atoms. The molecular weight excluding hydrogens is 281 g/mol. The zero-order valence-electron chi connectivity index (χ0n) is 11.6. The Balaban J connectivity index is 2.41. The van der Waals surface area contributed by atoms with Crippen LogP contribution in [-0.4, -0.2) is 11.3 Å². The highest BCUT2D eigenvalue weighted by atomic mass is 19.4. The number of hydrogen-bond donors (Lipinski definition) is 1. The molecule has 2 aromatic rings. The monoisotopic (exact) mass is 296 g/mol. The van der Waals surface area contributed by atoms with Gasteiger partial charge in [0.25, 0.3) is 0 Å². The van der Waals surface area contributed by atoms with Crippen LogP contribution in [0.25, 0.3) is 0 Å². The zero-order valence-corrected chi connectivity index (χ0v) is 11.6. The molecule has 0 fully saturated rings. The second kappa shape index (κ2) is 5.73. The molecule has 0 saturated heterocycles. The van der Waals surface area contributed by atoms with Gasteiger partial charge in [0.2, 0.25) is 0 Å². The summed E-state index contributed by atoms with van der Waals surface area (Å²) in [7, 11) is 0. The fourth-order valence-electron chi connectivity index (χ4n) is 2.15. The second-order valence-corrected chi connectivity index (χ2v) is 4.78. The van der Waals surface area contributed by atoms with E-state index < -0.39 is 12.4 Å². The van der Waals surface area contributed by atoms with Crippen molar-refractivity contribution in [1.29, 1.82) is 0 Å². The smallest absolute Gasteiger partial charge is 0.405 e. The van der Waals surface area contributed by atoms with E-state index in [-0.39, 0.29) is 11.3 Å². The number of para-hydroxylation sites is 1. The summed E-state index contributed by atoms with van der Waals surface area (Å²) in [5.74, 6) is -0.306. The summed E-state index contributed by atoms with van der Waals surface area (Å²) < 4.78 is 41.4. The van der Waals surface area contributed by atoms with Crippen LogP contribution in [0.5, 0.6) is 5.75 Å². The third-order valence-corrected chi connectivity index (χ3v) is 3.03. The third kappa shape index (κ3) is 3.72. The number of aryl methyl sites for hydroxylation is 2. The van der Waals surface area contributed by atoms with Gasteiger partial charge in [0, 0.05) is 11.8 Å². The highest BCUT2D eigenvalue weighted by molar-refractivity contribution is 5.41. The zero-order chi connectivity index (χ0) is 15.6. The Morgan fingerprint density at radius 3 is 2.48 bits per heavy atom. The lowest BCUT2D eigenvalue weighted by Gasteiger charge is -2.19. The number of nitrogens with zero attached hydrogens (tertiary/aromatic N) is 1. The quantitative estimate of drug-likeness (QED) is 0.940. The third-order valence-electron chi connectivity index (χ3n) is 3.03. The average Bonchev–Trinajstić information content (AvgIpc) is 2.36. The number of rotatable bonds is 3. The Morgan fingerprint density at radius 1 is 1.19 bits per heavy atom. The molecule has 21 heavy (non-hydrogen) atoms. The predicted molar refractivity (Wildman–Crippen MR) is 72.9 cm³/mol. The topological polar surface area (TPSA) is 48.1 Å². The predicted octanol–water partition coefficient (Wildman–Crippen LogP) is 3.65. The summed E-state index contributed by atoms with van der Waals surface area (Å²) in [6, 6.07) is 6.92. The number of benzene rings is 1.